The van der Waals surface area contributed by atoms with E-state index in [1.165, 1.54) is 13.2 Å². The zero-order valence-corrected chi connectivity index (χ0v) is 9.55. The summed E-state index contributed by atoms with van der Waals surface area (Å²) in [5.74, 6) is 0.184. The van der Waals surface area contributed by atoms with Crippen LogP contribution in [0.5, 0.6) is 5.75 Å². The van der Waals surface area contributed by atoms with E-state index in [2.05, 4.69) is 5.32 Å². The number of hydrogen-bond donors (Lipinski definition) is 1. The fourth-order valence-corrected chi connectivity index (χ4v) is 1.32. The van der Waals surface area contributed by atoms with Crippen LogP contribution in [0.25, 0.3) is 0 Å². The molecule has 0 aliphatic carbocycles. The summed E-state index contributed by atoms with van der Waals surface area (Å²) in [6.45, 7) is 2.12. The number of hydrogen-bond acceptors (Lipinski definition) is 2. The van der Waals surface area contributed by atoms with Gasteiger partial charge < -0.3 is 10.1 Å². The third-order valence-corrected chi connectivity index (χ3v) is 2.21. The normalized spacial score (nSPS) is 9.94. The molecule has 0 aromatic heterocycles. The van der Waals surface area contributed by atoms with Gasteiger partial charge >= 0.3 is 0 Å². The maximum absolute atomic E-state index is 13.3. The highest BCUT2D eigenvalue weighted by molar-refractivity contribution is 5.75. The van der Waals surface area contributed by atoms with Crippen molar-refractivity contribution in [3.8, 4) is 5.75 Å². The van der Waals surface area contributed by atoms with Gasteiger partial charge in [-0.1, -0.05) is 6.92 Å². The zero-order chi connectivity index (χ0) is 12.0. The molecule has 0 atom stereocenters. The molecule has 0 radical (unpaired) electrons. The minimum atomic E-state index is -0.336. The van der Waals surface area contributed by atoms with E-state index in [0.29, 0.717) is 17.7 Å². The van der Waals surface area contributed by atoms with Gasteiger partial charge in [0.25, 0.3) is 0 Å². The molecule has 1 rings (SSSR count). The summed E-state index contributed by atoms with van der Waals surface area (Å²) in [5.41, 5.74) is 0.434. The van der Waals surface area contributed by atoms with Gasteiger partial charge in [0.2, 0.25) is 5.91 Å². The summed E-state index contributed by atoms with van der Waals surface area (Å²) in [6.07, 6.45) is 1.25. The molecule has 0 saturated carbocycles. The van der Waals surface area contributed by atoms with E-state index in [4.69, 9.17) is 4.74 Å². The fourth-order valence-electron chi connectivity index (χ4n) is 1.32. The van der Waals surface area contributed by atoms with Gasteiger partial charge in [0.15, 0.2) is 0 Å². The highest BCUT2D eigenvalue weighted by Crippen LogP contribution is 2.16. The molecule has 88 valence electrons. The van der Waals surface area contributed by atoms with E-state index in [9.17, 15) is 9.18 Å². The Morgan fingerprint density at radius 3 is 2.88 bits per heavy atom. The molecule has 0 aliphatic rings. The standard InChI is InChI=1S/C12H16FNO2/c1-3-4-12(15)14-8-9-7-10(16-2)5-6-11(9)13/h5-7H,3-4,8H2,1-2H3,(H,14,15). The van der Waals surface area contributed by atoms with Crippen LogP contribution in [0.2, 0.25) is 0 Å². The van der Waals surface area contributed by atoms with Gasteiger partial charge in [0.05, 0.1) is 7.11 Å². The van der Waals surface area contributed by atoms with Gasteiger partial charge in [-0.05, 0) is 24.6 Å². The van der Waals surface area contributed by atoms with Crippen molar-refractivity contribution in [2.75, 3.05) is 7.11 Å². The van der Waals surface area contributed by atoms with Crippen molar-refractivity contribution in [1.82, 2.24) is 5.32 Å². The van der Waals surface area contributed by atoms with Crippen LogP contribution in [0.4, 0.5) is 4.39 Å². The van der Waals surface area contributed by atoms with Crippen molar-refractivity contribution in [3.05, 3.63) is 29.6 Å². The molecule has 0 unspecified atom stereocenters. The van der Waals surface area contributed by atoms with Gasteiger partial charge in [-0.2, -0.15) is 0 Å². The van der Waals surface area contributed by atoms with Gasteiger partial charge in [0, 0.05) is 18.5 Å². The van der Waals surface area contributed by atoms with Crippen molar-refractivity contribution >= 4 is 5.91 Å². The van der Waals surface area contributed by atoms with Crippen LogP contribution >= 0.6 is 0 Å². The van der Waals surface area contributed by atoms with Gasteiger partial charge in [-0.3, -0.25) is 4.79 Å². The number of nitrogens with one attached hydrogen (secondary N) is 1. The predicted molar refractivity (Wildman–Crippen MR) is 59.7 cm³/mol. The number of benzene rings is 1. The number of rotatable bonds is 5. The molecule has 0 heterocycles. The lowest BCUT2D eigenvalue weighted by Crippen LogP contribution is -2.22. The summed E-state index contributed by atoms with van der Waals surface area (Å²) >= 11 is 0. The Labute approximate surface area is 94.6 Å². The van der Waals surface area contributed by atoms with Crippen molar-refractivity contribution in [3.63, 3.8) is 0 Å². The van der Waals surface area contributed by atoms with Crippen molar-refractivity contribution in [2.24, 2.45) is 0 Å². The van der Waals surface area contributed by atoms with Crippen LogP contribution in [0.15, 0.2) is 18.2 Å². The monoisotopic (exact) mass is 225 g/mol. The largest absolute Gasteiger partial charge is 0.497 e. The summed E-state index contributed by atoms with van der Waals surface area (Å²) < 4.78 is 18.3. The smallest absolute Gasteiger partial charge is 0.220 e. The molecule has 3 nitrogen and oxygen atoms in total. The average molecular weight is 225 g/mol. The maximum atomic E-state index is 13.3. The first kappa shape index (κ1) is 12.5. The maximum Gasteiger partial charge on any atom is 0.220 e. The van der Waals surface area contributed by atoms with Crippen molar-refractivity contribution in [2.45, 2.75) is 26.3 Å². The van der Waals surface area contributed by atoms with E-state index < -0.39 is 0 Å². The lowest BCUT2D eigenvalue weighted by molar-refractivity contribution is -0.121. The number of carbonyl (C=O) groups is 1. The van der Waals surface area contributed by atoms with Gasteiger partial charge in [-0.25, -0.2) is 4.39 Å². The van der Waals surface area contributed by atoms with Crippen LogP contribution in [-0.4, -0.2) is 13.0 Å². The van der Waals surface area contributed by atoms with Crippen LogP contribution in [0, 0.1) is 5.82 Å². The molecule has 1 aromatic carbocycles. The molecule has 0 bridgehead atoms. The molecule has 0 spiro atoms. The van der Waals surface area contributed by atoms with Crippen molar-refractivity contribution < 1.29 is 13.9 Å². The highest BCUT2D eigenvalue weighted by Gasteiger charge is 2.05. The first-order valence-corrected chi connectivity index (χ1v) is 5.26. The van der Waals surface area contributed by atoms with E-state index in [1.54, 1.807) is 12.1 Å². The topological polar surface area (TPSA) is 38.3 Å². The lowest BCUT2D eigenvalue weighted by atomic mass is 10.2. The highest BCUT2D eigenvalue weighted by atomic mass is 19.1. The number of amides is 1. The van der Waals surface area contributed by atoms with E-state index in [-0.39, 0.29) is 18.3 Å². The Bertz CT molecular complexity index is 366. The molecule has 16 heavy (non-hydrogen) atoms. The van der Waals surface area contributed by atoms with Crippen molar-refractivity contribution in [1.29, 1.82) is 0 Å². The second-order valence-electron chi connectivity index (χ2n) is 3.48. The zero-order valence-electron chi connectivity index (χ0n) is 9.55. The average Bonchev–Trinajstić information content (AvgIpc) is 2.28. The molecule has 1 amide bonds. The second kappa shape index (κ2) is 6.10. The minimum Gasteiger partial charge on any atom is -0.497 e. The quantitative estimate of drug-likeness (QED) is 0.834. The second-order valence-corrected chi connectivity index (χ2v) is 3.48. The number of methoxy groups -OCH3 is 1. The third-order valence-electron chi connectivity index (χ3n) is 2.21. The Hall–Kier alpha value is -1.58. The number of halogens is 1. The summed E-state index contributed by atoms with van der Waals surface area (Å²) in [5, 5.41) is 2.66. The molecule has 4 heteroatoms. The van der Waals surface area contributed by atoms with Gasteiger partial charge in [-0.15, -0.1) is 0 Å². The molecule has 0 aliphatic heterocycles. The van der Waals surface area contributed by atoms with Crippen LogP contribution in [0.1, 0.15) is 25.3 Å². The summed E-state index contributed by atoms with van der Waals surface area (Å²) in [4.78, 5) is 11.2. The van der Waals surface area contributed by atoms with Crippen LogP contribution in [0.3, 0.4) is 0 Å². The van der Waals surface area contributed by atoms with Crippen LogP contribution in [-0.2, 0) is 11.3 Å². The third kappa shape index (κ3) is 3.53. The lowest BCUT2D eigenvalue weighted by Gasteiger charge is -2.07. The Morgan fingerprint density at radius 1 is 1.50 bits per heavy atom. The molecule has 0 fully saturated rings. The number of ether oxygens (including phenoxy) is 1. The fraction of sp³-hybridized carbons (Fsp3) is 0.417. The van der Waals surface area contributed by atoms with Gasteiger partial charge in [0.1, 0.15) is 11.6 Å². The minimum absolute atomic E-state index is 0.0651. The first-order valence-electron chi connectivity index (χ1n) is 5.26. The van der Waals surface area contributed by atoms with E-state index in [1.807, 2.05) is 6.92 Å². The first-order chi connectivity index (χ1) is 7.67. The molecule has 1 aromatic rings. The summed E-state index contributed by atoms with van der Waals surface area (Å²) in [6, 6.07) is 4.47. The molecular weight excluding hydrogens is 209 g/mol. The van der Waals surface area contributed by atoms with Crippen LogP contribution < -0.4 is 10.1 Å². The number of carbonyl (C=O) groups excluding carboxylic acids is 1. The van der Waals surface area contributed by atoms with E-state index in [0.717, 1.165) is 6.42 Å². The summed E-state index contributed by atoms with van der Waals surface area (Å²) in [7, 11) is 1.52. The predicted octanol–water partition coefficient (Wildman–Crippen LogP) is 2.25. The Morgan fingerprint density at radius 2 is 2.25 bits per heavy atom. The Kier molecular flexibility index (Phi) is 4.76. The molecular formula is C12H16FNO2. The Balaban J connectivity index is 2.62. The molecule has 1 N–H and O–H groups in total. The SMILES string of the molecule is CCCC(=O)NCc1cc(OC)ccc1F. The molecule has 0 saturated heterocycles. The van der Waals surface area contributed by atoms with E-state index >= 15 is 0 Å².